The second-order valence-electron chi connectivity index (χ2n) is 34.2. The Kier molecular flexibility index (Phi) is 22.8. The molecule has 8 aliphatic carbocycles. The number of fused-ring (bicyclic) bond motifs is 6. The van der Waals surface area contributed by atoms with Gasteiger partial charge in [-0.25, -0.2) is 0 Å². The summed E-state index contributed by atoms with van der Waals surface area (Å²) in [5.41, 5.74) is -1.93. The zero-order valence-electron chi connectivity index (χ0n) is 59.4. The first-order valence-electron chi connectivity index (χ1n) is 37.9. The molecule has 26 heteroatoms. The number of aliphatic hydroxyl groups excluding tert-OH is 14. The van der Waals surface area contributed by atoms with Gasteiger partial charge in [-0.2, -0.15) is 0 Å². The topological polar surface area (TPSA) is 415 Å². The lowest BCUT2D eigenvalue weighted by atomic mass is 9.40. The lowest BCUT2D eigenvalue weighted by molar-refractivity contribution is -0.378. The van der Waals surface area contributed by atoms with Crippen molar-refractivity contribution in [1.29, 1.82) is 0 Å². The van der Waals surface area contributed by atoms with Gasteiger partial charge < -0.3 is 120 Å². The van der Waals surface area contributed by atoms with Crippen LogP contribution in [-0.4, -0.2) is 256 Å². The van der Waals surface area contributed by atoms with Gasteiger partial charge in [0.25, 0.3) is 0 Å². The fourth-order valence-corrected chi connectivity index (χ4v) is 23.5. The number of unbranched alkanes of at least 4 members (excludes halogenated alkanes) is 4. The van der Waals surface area contributed by atoms with E-state index in [1.54, 1.807) is 0 Å². The fourth-order valence-electron chi connectivity index (χ4n) is 23.5. The maximum atomic E-state index is 14.9. The Hall–Kier alpha value is -2.46. The molecule has 4 aliphatic heterocycles. The summed E-state index contributed by atoms with van der Waals surface area (Å²) in [6, 6.07) is 0.0395. The van der Waals surface area contributed by atoms with Gasteiger partial charge in [-0.15, -0.1) is 0 Å². The van der Waals surface area contributed by atoms with Crippen LogP contribution >= 0.6 is 0 Å². The third-order valence-corrected chi connectivity index (χ3v) is 28.7. The summed E-state index contributed by atoms with van der Waals surface area (Å²) in [6.45, 7) is 18.4. The summed E-state index contributed by atoms with van der Waals surface area (Å²) in [4.78, 5) is 29.5. The number of ether oxygens (including phenoxy) is 8. The summed E-state index contributed by atoms with van der Waals surface area (Å²) in [5, 5.41) is 156. The van der Waals surface area contributed by atoms with Crippen molar-refractivity contribution in [3.8, 4) is 0 Å². The molecule has 0 aromatic rings. The number of hydrogen-bond acceptors (Lipinski definition) is 24. The van der Waals surface area contributed by atoms with E-state index in [4.69, 9.17) is 37.9 Å². The van der Waals surface area contributed by atoms with Crippen molar-refractivity contribution in [2.45, 2.75) is 335 Å². The maximum Gasteiger partial charge on any atom is 0.226 e. The molecule has 570 valence electrons. The van der Waals surface area contributed by atoms with Crippen molar-refractivity contribution in [1.82, 2.24) is 10.6 Å². The van der Waals surface area contributed by atoms with Gasteiger partial charge in [0.1, 0.15) is 97.7 Å². The Labute approximate surface area is 587 Å². The predicted molar refractivity (Wildman–Crippen MR) is 356 cm³/mol. The van der Waals surface area contributed by atoms with Crippen molar-refractivity contribution in [3.63, 3.8) is 0 Å². The van der Waals surface area contributed by atoms with Crippen LogP contribution in [0.5, 0.6) is 0 Å². The molecular formula is C74H120N2O24. The Bertz CT molecular complexity index is 2900. The molecule has 16 N–H and O–H groups in total. The standard InChI is InChI=1S/C74H120N2O24/c1-8-40(76-66(92)70(7)24-15-22-68(5)46(70)18-26-72-31-39(3)74(37-72,28-20-48(68)72)100-64-60(56(88)52(84)44(35-80)96-64)98-62-58(90)54(86)50(82)42(33-78)94-62)16-12-10-9-11-13-29-75-65(91)69(6)23-14-21-67(4)45(69)17-25-71-30-38(2)73(36-71,27-19-47(67)71)99-63-59(55(87)51(83)43(34-79)95-63)97-61-57(89)53(85)49(81)41(32-77)93-61/h40-64,77-90H,2-3,8-37H2,1,4-7H3,(H,75,91)(H,76,92)/t40?,41-,42-,43-,44-,45+,46+,47+,48+,49-,50-,51-,52-,53+,54+,55+,56+,57-,58-,59-,60-,61+,62+,63+,64+,67-,68-,69-,70-,71-,72-,73+,74+/m1/s1. The molecule has 8 saturated carbocycles. The Morgan fingerprint density at radius 3 is 1.27 bits per heavy atom. The molecule has 12 rings (SSSR count). The minimum absolute atomic E-state index is 0.0395. The molecule has 1 unspecified atom stereocenters. The predicted octanol–water partition coefficient (Wildman–Crippen LogP) is 1.80. The van der Waals surface area contributed by atoms with Crippen LogP contribution in [-0.2, 0) is 47.5 Å². The lowest BCUT2D eigenvalue weighted by Gasteiger charge is -2.64. The molecule has 12 fully saturated rings. The number of carbonyl (C=O) groups excluding carboxylic acids is 2. The lowest BCUT2D eigenvalue weighted by Crippen LogP contribution is -2.65. The molecule has 4 bridgehead atoms. The van der Waals surface area contributed by atoms with Crippen LogP contribution in [0.15, 0.2) is 24.3 Å². The van der Waals surface area contributed by atoms with Gasteiger partial charge in [0.05, 0.1) is 37.6 Å². The van der Waals surface area contributed by atoms with E-state index in [0.717, 1.165) is 133 Å². The van der Waals surface area contributed by atoms with E-state index in [2.05, 4.69) is 58.4 Å². The van der Waals surface area contributed by atoms with Crippen LogP contribution in [0.1, 0.15) is 195 Å². The summed E-state index contributed by atoms with van der Waals surface area (Å²) in [5.74, 6) is 1.07. The van der Waals surface area contributed by atoms with Gasteiger partial charge in [-0.3, -0.25) is 9.59 Å². The van der Waals surface area contributed by atoms with Crippen molar-refractivity contribution < 1.29 is 119 Å². The van der Waals surface area contributed by atoms with Crippen molar-refractivity contribution in [2.75, 3.05) is 33.0 Å². The molecule has 2 amide bonds. The van der Waals surface area contributed by atoms with E-state index in [1.165, 1.54) is 0 Å². The van der Waals surface area contributed by atoms with Crippen molar-refractivity contribution in [3.05, 3.63) is 24.3 Å². The Morgan fingerprint density at radius 2 is 0.850 bits per heavy atom. The Balaban J connectivity index is 0.604. The minimum Gasteiger partial charge on any atom is -0.394 e. The van der Waals surface area contributed by atoms with E-state index >= 15 is 0 Å². The van der Waals surface area contributed by atoms with Gasteiger partial charge in [-0.1, -0.05) is 86.3 Å². The molecule has 0 aromatic carbocycles. The molecule has 4 saturated heterocycles. The average molecular weight is 1420 g/mol. The monoisotopic (exact) mass is 1420 g/mol. The second kappa shape index (κ2) is 29.6. The van der Waals surface area contributed by atoms with Gasteiger partial charge in [-0.05, 0) is 178 Å². The highest BCUT2D eigenvalue weighted by molar-refractivity contribution is 5.83. The molecule has 2 spiro atoms. The van der Waals surface area contributed by atoms with E-state index in [-0.39, 0.29) is 63.2 Å². The Morgan fingerprint density at radius 1 is 0.470 bits per heavy atom. The highest BCUT2D eigenvalue weighted by Gasteiger charge is 2.72. The molecule has 26 nitrogen and oxygen atoms in total. The number of nitrogens with one attached hydrogen (secondary N) is 2. The van der Waals surface area contributed by atoms with Gasteiger partial charge in [0, 0.05) is 23.4 Å². The van der Waals surface area contributed by atoms with Crippen molar-refractivity contribution in [2.24, 2.45) is 56.2 Å². The first kappa shape index (κ1) is 77.2. The first-order chi connectivity index (χ1) is 47.4. The molecule has 12 aliphatic rings. The largest absolute Gasteiger partial charge is 0.394 e. The van der Waals surface area contributed by atoms with Crippen LogP contribution in [0, 0.1) is 56.2 Å². The molecule has 0 aromatic heterocycles. The van der Waals surface area contributed by atoms with E-state index in [0.29, 0.717) is 45.1 Å². The number of rotatable bonds is 24. The highest BCUT2D eigenvalue weighted by atomic mass is 16.8. The number of amides is 2. The normalized spacial score (nSPS) is 50.9. The summed E-state index contributed by atoms with van der Waals surface area (Å²) >= 11 is 0. The molecule has 0 radical (unpaired) electrons. The van der Waals surface area contributed by atoms with Crippen molar-refractivity contribution >= 4 is 11.8 Å². The molecule has 33 atom stereocenters. The number of hydrogen-bond donors (Lipinski definition) is 16. The summed E-state index contributed by atoms with van der Waals surface area (Å²) in [6.07, 6.45) is -10.5. The number of aliphatic hydroxyl groups is 14. The van der Waals surface area contributed by atoms with Crippen LogP contribution < -0.4 is 10.6 Å². The number of carbonyl (C=O) groups is 2. The van der Waals surface area contributed by atoms with E-state index < -0.39 is 171 Å². The van der Waals surface area contributed by atoms with Crippen LogP contribution in [0.2, 0.25) is 0 Å². The van der Waals surface area contributed by atoms with E-state index in [9.17, 15) is 81.1 Å². The van der Waals surface area contributed by atoms with Gasteiger partial charge in [0.15, 0.2) is 25.2 Å². The molecular weight excluding hydrogens is 1300 g/mol. The second-order valence-corrected chi connectivity index (χ2v) is 34.2. The zero-order chi connectivity index (χ0) is 72.0. The molecule has 4 heterocycles. The van der Waals surface area contributed by atoms with Gasteiger partial charge >= 0.3 is 0 Å². The highest BCUT2D eigenvalue weighted by Crippen LogP contribution is 2.76. The van der Waals surface area contributed by atoms with Gasteiger partial charge in [0.2, 0.25) is 11.8 Å². The third kappa shape index (κ3) is 13.2. The molecule has 100 heavy (non-hydrogen) atoms. The average Bonchev–Trinajstić information content (AvgIpc) is 1.45. The summed E-state index contributed by atoms with van der Waals surface area (Å²) in [7, 11) is 0. The quantitative estimate of drug-likeness (QED) is 0.0372. The van der Waals surface area contributed by atoms with Crippen LogP contribution in [0.3, 0.4) is 0 Å². The van der Waals surface area contributed by atoms with Crippen LogP contribution in [0.25, 0.3) is 0 Å². The zero-order valence-corrected chi connectivity index (χ0v) is 59.4. The van der Waals surface area contributed by atoms with Crippen LogP contribution in [0.4, 0.5) is 0 Å². The summed E-state index contributed by atoms with van der Waals surface area (Å²) < 4.78 is 49.6. The first-order valence-corrected chi connectivity index (χ1v) is 37.9. The smallest absolute Gasteiger partial charge is 0.226 e. The maximum absolute atomic E-state index is 14.9. The minimum atomic E-state index is -1.79. The fraction of sp³-hybridized carbons (Fsp3) is 0.919. The SMILES string of the molecule is C=C1C[C@@]23CC[C@H]4[C@@](C)(CCC[C@@]4(C)C(=O)NCCCCCCCC(CC)NC(=O)[C@]4(C)CCC[C@@]5(C)[C@@H]6CC[C@]7(O[C@@H]8O[C@H](CO)[C@@H](O)[C@H](O)[C@H]8O[C@@H]8O[C@H](CO)[C@@H](O)[C@H](O)[C@H]8O)C[C@@]6(CC[C@@H]54)CC7=C)[C@@H]2CC[C@]1(O[C@@H]1O[C@H](CO)[C@@H](O)[C@H](O)[C@H]1O[C@@H]1O[C@H](CO)[C@@H](O)[C@H](O)[C@H]1O)C3. The third-order valence-electron chi connectivity index (χ3n) is 28.7. The van der Waals surface area contributed by atoms with E-state index in [1.807, 2.05) is 0 Å².